The van der Waals surface area contributed by atoms with Gasteiger partial charge >= 0.3 is 5.97 Å². The minimum Gasteiger partial charge on any atom is -0.493 e. The monoisotopic (exact) mass is 386 g/mol. The lowest BCUT2D eigenvalue weighted by Crippen LogP contribution is -2.19. The van der Waals surface area contributed by atoms with Crippen LogP contribution in [0.1, 0.15) is 18.1 Å². The molecule has 0 atom stereocenters. The Morgan fingerprint density at radius 3 is 2.81 bits per heavy atom. The van der Waals surface area contributed by atoms with Crippen molar-refractivity contribution in [3.8, 4) is 17.6 Å². The highest BCUT2D eigenvalue weighted by molar-refractivity contribution is 7.14. The molecule has 0 bridgehead atoms. The van der Waals surface area contributed by atoms with E-state index in [1.165, 1.54) is 24.5 Å². The van der Waals surface area contributed by atoms with Gasteiger partial charge in [-0.3, -0.25) is 4.79 Å². The van der Waals surface area contributed by atoms with Crippen molar-refractivity contribution in [2.75, 3.05) is 25.6 Å². The summed E-state index contributed by atoms with van der Waals surface area (Å²) in [6.07, 6.45) is 2.76. The quantitative estimate of drug-likeness (QED) is 0.553. The molecule has 0 unspecified atom stereocenters. The first-order valence-electron chi connectivity index (χ1n) is 8.00. The van der Waals surface area contributed by atoms with Gasteiger partial charge in [0.05, 0.1) is 19.3 Å². The molecule has 0 aliphatic carbocycles. The molecule has 0 fully saturated rings. The third kappa shape index (κ3) is 5.87. The molecule has 2 aromatic rings. The number of nitrogens with zero attached hydrogens (tertiary/aromatic N) is 1. The van der Waals surface area contributed by atoms with Crippen LogP contribution in [0.2, 0.25) is 0 Å². The van der Waals surface area contributed by atoms with Crippen molar-refractivity contribution in [1.29, 1.82) is 5.26 Å². The number of rotatable bonds is 8. The predicted molar refractivity (Wildman–Crippen MR) is 102 cm³/mol. The first-order valence-corrected chi connectivity index (χ1v) is 8.88. The minimum absolute atomic E-state index is 0.365. The molecule has 0 spiro atoms. The van der Waals surface area contributed by atoms with Gasteiger partial charge in [0, 0.05) is 6.08 Å². The number of esters is 1. The highest BCUT2D eigenvalue weighted by atomic mass is 32.1. The first-order chi connectivity index (χ1) is 13.1. The van der Waals surface area contributed by atoms with E-state index in [2.05, 4.69) is 5.32 Å². The Morgan fingerprint density at radius 2 is 2.11 bits per heavy atom. The van der Waals surface area contributed by atoms with Gasteiger partial charge < -0.3 is 19.5 Å². The second kappa shape index (κ2) is 9.99. The molecule has 1 amide bonds. The lowest BCUT2D eigenvalue weighted by atomic mass is 10.2. The summed E-state index contributed by atoms with van der Waals surface area (Å²) in [6, 6.07) is 8.80. The first kappa shape index (κ1) is 20.0. The number of nitrogens with one attached hydrogen (secondary N) is 1. The van der Waals surface area contributed by atoms with Gasteiger partial charge in [0.25, 0.3) is 5.91 Å². The molecular weight excluding hydrogens is 368 g/mol. The second-order valence-corrected chi connectivity index (χ2v) is 6.02. The van der Waals surface area contributed by atoms with Crippen LogP contribution in [0.4, 0.5) is 5.00 Å². The normalized spacial score (nSPS) is 10.3. The summed E-state index contributed by atoms with van der Waals surface area (Å²) in [5.74, 6) is -0.0131. The van der Waals surface area contributed by atoms with Crippen LogP contribution < -0.4 is 14.8 Å². The SMILES string of the molecule is CCOc1ccc(C=CC(=O)OCC(=O)Nc2sccc2C#N)cc1OC. The molecule has 1 heterocycles. The van der Waals surface area contributed by atoms with Crippen molar-refractivity contribution in [1.82, 2.24) is 0 Å². The molecule has 2 rings (SSSR count). The molecule has 0 aliphatic heterocycles. The van der Waals surface area contributed by atoms with Crippen LogP contribution in [0.5, 0.6) is 11.5 Å². The summed E-state index contributed by atoms with van der Waals surface area (Å²) in [6.45, 7) is 1.94. The Kier molecular flexibility index (Phi) is 7.40. The molecule has 8 heteroatoms. The second-order valence-electron chi connectivity index (χ2n) is 5.11. The van der Waals surface area contributed by atoms with E-state index in [9.17, 15) is 9.59 Å². The molecule has 140 valence electrons. The smallest absolute Gasteiger partial charge is 0.331 e. The molecule has 27 heavy (non-hydrogen) atoms. The van der Waals surface area contributed by atoms with Gasteiger partial charge in [-0.15, -0.1) is 11.3 Å². The Bertz CT molecular complexity index is 882. The number of thiophene rings is 1. The summed E-state index contributed by atoms with van der Waals surface area (Å²) in [5, 5.41) is 13.5. The van der Waals surface area contributed by atoms with Crippen molar-refractivity contribution in [3.63, 3.8) is 0 Å². The number of methoxy groups -OCH3 is 1. The van der Waals surface area contributed by atoms with Gasteiger partial charge in [-0.2, -0.15) is 5.26 Å². The Balaban J connectivity index is 1.88. The molecule has 1 N–H and O–H groups in total. The van der Waals surface area contributed by atoms with Gasteiger partial charge in [-0.25, -0.2) is 4.79 Å². The molecular formula is C19H18N2O5S. The largest absolute Gasteiger partial charge is 0.493 e. The molecule has 0 radical (unpaired) electrons. The molecule has 1 aromatic heterocycles. The van der Waals surface area contributed by atoms with Crippen LogP contribution in [-0.2, 0) is 14.3 Å². The summed E-state index contributed by atoms with van der Waals surface area (Å²) in [5.41, 5.74) is 1.08. The van der Waals surface area contributed by atoms with Gasteiger partial charge in [-0.05, 0) is 42.1 Å². The van der Waals surface area contributed by atoms with Crippen molar-refractivity contribution in [2.45, 2.75) is 6.92 Å². The Labute approximate surface area is 160 Å². The molecule has 0 saturated carbocycles. The van der Waals surface area contributed by atoms with E-state index >= 15 is 0 Å². The third-order valence-corrected chi connectivity index (χ3v) is 4.11. The van der Waals surface area contributed by atoms with Crippen LogP contribution in [0.3, 0.4) is 0 Å². The van der Waals surface area contributed by atoms with Crippen molar-refractivity contribution in [3.05, 3.63) is 46.8 Å². The number of ether oxygens (including phenoxy) is 3. The van der Waals surface area contributed by atoms with Crippen molar-refractivity contribution >= 4 is 34.3 Å². The van der Waals surface area contributed by atoms with Gasteiger partial charge in [0.15, 0.2) is 18.1 Å². The van der Waals surface area contributed by atoms with Gasteiger partial charge in [0.1, 0.15) is 11.1 Å². The summed E-state index contributed by atoms with van der Waals surface area (Å²) < 4.78 is 15.6. The minimum atomic E-state index is -0.662. The maximum atomic E-state index is 11.8. The lowest BCUT2D eigenvalue weighted by molar-refractivity contribution is -0.142. The highest BCUT2D eigenvalue weighted by Gasteiger charge is 2.10. The molecule has 0 saturated heterocycles. The number of benzene rings is 1. The van der Waals surface area contributed by atoms with Gasteiger partial charge in [-0.1, -0.05) is 6.07 Å². The molecule has 7 nitrogen and oxygen atoms in total. The third-order valence-electron chi connectivity index (χ3n) is 3.28. The zero-order valence-corrected chi connectivity index (χ0v) is 15.7. The van der Waals surface area contributed by atoms with Crippen LogP contribution in [-0.4, -0.2) is 32.2 Å². The maximum Gasteiger partial charge on any atom is 0.331 e. The highest BCUT2D eigenvalue weighted by Crippen LogP contribution is 2.28. The zero-order chi connectivity index (χ0) is 19.6. The average Bonchev–Trinajstić information content (AvgIpc) is 3.12. The lowest BCUT2D eigenvalue weighted by Gasteiger charge is -2.09. The van der Waals surface area contributed by atoms with E-state index in [-0.39, 0.29) is 0 Å². The van der Waals surface area contributed by atoms with Crippen LogP contribution in [0.15, 0.2) is 35.7 Å². The van der Waals surface area contributed by atoms with Crippen LogP contribution in [0.25, 0.3) is 6.08 Å². The number of amides is 1. The van der Waals surface area contributed by atoms with E-state index < -0.39 is 18.5 Å². The van der Waals surface area contributed by atoms with Crippen LogP contribution in [0, 0.1) is 11.3 Å². The summed E-state index contributed by atoms with van der Waals surface area (Å²) in [4.78, 5) is 23.6. The summed E-state index contributed by atoms with van der Waals surface area (Å²) >= 11 is 1.22. The average molecular weight is 386 g/mol. The fourth-order valence-corrected chi connectivity index (χ4v) is 2.82. The number of carbonyl (C=O) groups is 2. The number of hydrogen-bond donors (Lipinski definition) is 1. The topological polar surface area (TPSA) is 97.6 Å². The van der Waals surface area contributed by atoms with E-state index in [1.807, 2.05) is 13.0 Å². The summed E-state index contributed by atoms with van der Waals surface area (Å²) in [7, 11) is 1.53. The number of hydrogen-bond acceptors (Lipinski definition) is 7. The predicted octanol–water partition coefficient (Wildman–Crippen LogP) is 3.22. The number of carbonyl (C=O) groups excluding carboxylic acids is 2. The van der Waals surface area contributed by atoms with Gasteiger partial charge in [0.2, 0.25) is 0 Å². The van der Waals surface area contributed by atoms with E-state index in [4.69, 9.17) is 19.5 Å². The van der Waals surface area contributed by atoms with Crippen molar-refractivity contribution in [2.24, 2.45) is 0 Å². The Morgan fingerprint density at radius 1 is 1.30 bits per heavy atom. The fraction of sp³-hybridized carbons (Fsp3) is 0.211. The molecule has 1 aromatic carbocycles. The van der Waals surface area contributed by atoms with E-state index in [1.54, 1.807) is 35.7 Å². The number of anilines is 1. The Hall–Kier alpha value is -3.31. The number of nitriles is 1. The van der Waals surface area contributed by atoms with Crippen molar-refractivity contribution < 1.29 is 23.8 Å². The zero-order valence-electron chi connectivity index (χ0n) is 14.9. The molecule has 0 aliphatic rings. The maximum absolute atomic E-state index is 11.8. The van der Waals surface area contributed by atoms with E-state index in [0.717, 1.165) is 0 Å². The van der Waals surface area contributed by atoms with E-state index in [0.29, 0.717) is 34.2 Å². The fourth-order valence-electron chi connectivity index (χ4n) is 2.07. The standard InChI is InChI=1S/C19H18N2O5S/c1-3-25-15-6-4-13(10-16(15)24-2)5-7-18(23)26-12-17(22)21-19-14(11-20)8-9-27-19/h4-10H,3,12H2,1-2H3,(H,21,22). The van der Waals surface area contributed by atoms with Crippen LogP contribution >= 0.6 is 11.3 Å².